The maximum Gasteiger partial charge on any atom is 0.229 e. The Morgan fingerprint density at radius 1 is 1.24 bits per heavy atom. The number of carbonyl (C=O) groups is 1. The number of nitrogens with one attached hydrogen (secondary N) is 2. The summed E-state index contributed by atoms with van der Waals surface area (Å²) in [7, 11) is 0. The van der Waals surface area contributed by atoms with Gasteiger partial charge in [0.15, 0.2) is 0 Å². The molecule has 1 saturated carbocycles. The average molecular weight is 230 g/mol. The van der Waals surface area contributed by atoms with Crippen molar-refractivity contribution in [3.05, 3.63) is 23.8 Å². The fraction of sp³-hybridized carbons (Fsp3) is 0.500. The first-order valence-corrected chi connectivity index (χ1v) is 6.43. The summed E-state index contributed by atoms with van der Waals surface area (Å²) in [6.07, 6.45) is 4.51. The lowest BCUT2D eigenvalue weighted by molar-refractivity contribution is -0.120. The van der Waals surface area contributed by atoms with Crippen molar-refractivity contribution in [1.82, 2.24) is 0 Å². The van der Waals surface area contributed by atoms with Crippen LogP contribution in [-0.4, -0.2) is 11.9 Å². The van der Waals surface area contributed by atoms with Gasteiger partial charge in [0.2, 0.25) is 5.91 Å². The van der Waals surface area contributed by atoms with Crippen molar-refractivity contribution in [2.75, 3.05) is 10.6 Å². The number of anilines is 2. The third-order valence-electron chi connectivity index (χ3n) is 3.96. The minimum atomic E-state index is 0.135. The van der Waals surface area contributed by atoms with Crippen LogP contribution in [0.1, 0.15) is 31.2 Å². The van der Waals surface area contributed by atoms with Crippen LogP contribution in [-0.2, 0) is 4.79 Å². The summed E-state index contributed by atoms with van der Waals surface area (Å²) < 4.78 is 0. The van der Waals surface area contributed by atoms with Gasteiger partial charge in [-0.05, 0) is 31.4 Å². The summed E-state index contributed by atoms with van der Waals surface area (Å²) in [4.78, 5) is 12.2. The fourth-order valence-electron chi connectivity index (χ4n) is 2.99. The molecular weight excluding hydrogens is 212 g/mol. The Morgan fingerprint density at radius 3 is 2.94 bits per heavy atom. The van der Waals surface area contributed by atoms with Crippen LogP contribution in [0.3, 0.4) is 0 Å². The molecule has 1 aliphatic carbocycles. The largest absolute Gasteiger partial charge is 0.380 e. The molecule has 1 aliphatic heterocycles. The van der Waals surface area contributed by atoms with E-state index in [-0.39, 0.29) is 11.8 Å². The molecule has 2 N–H and O–H groups in total. The molecule has 3 heteroatoms. The first-order valence-electron chi connectivity index (χ1n) is 6.43. The Balaban J connectivity index is 2.01. The van der Waals surface area contributed by atoms with Crippen LogP contribution < -0.4 is 10.6 Å². The summed E-state index contributed by atoms with van der Waals surface area (Å²) in [5.74, 6) is 0.325. The highest BCUT2D eigenvalue weighted by Crippen LogP contribution is 2.35. The zero-order valence-corrected chi connectivity index (χ0v) is 10.1. The number of amides is 1. The topological polar surface area (TPSA) is 41.1 Å². The molecule has 17 heavy (non-hydrogen) atoms. The standard InChI is InChI=1S/C14H18N2O/c1-9-5-4-8-12-13(9)16-14(17)10-6-2-3-7-11(10)15-12/h4-5,8,10-11,15H,2-3,6-7H2,1H3,(H,16,17). The number of fused-ring (bicyclic) bond motifs is 2. The van der Waals surface area contributed by atoms with Crippen LogP contribution in [0.15, 0.2) is 18.2 Å². The SMILES string of the molecule is Cc1cccc2c1NC(=O)C1CCCCC1N2. The Labute approximate surface area is 102 Å². The number of aryl methyl sites for hydroxylation is 1. The average Bonchev–Trinajstić information content (AvgIpc) is 2.47. The molecule has 2 unspecified atom stereocenters. The number of hydrogen-bond donors (Lipinski definition) is 2. The van der Waals surface area contributed by atoms with Crippen molar-refractivity contribution in [3.63, 3.8) is 0 Å². The van der Waals surface area contributed by atoms with Crippen LogP contribution >= 0.6 is 0 Å². The molecule has 0 saturated heterocycles. The quantitative estimate of drug-likeness (QED) is 0.719. The van der Waals surface area contributed by atoms with Gasteiger partial charge < -0.3 is 10.6 Å². The van der Waals surface area contributed by atoms with E-state index in [4.69, 9.17) is 0 Å². The van der Waals surface area contributed by atoms with Gasteiger partial charge in [-0.1, -0.05) is 25.0 Å². The van der Waals surface area contributed by atoms with Gasteiger partial charge in [-0.15, -0.1) is 0 Å². The van der Waals surface area contributed by atoms with E-state index >= 15 is 0 Å². The number of rotatable bonds is 0. The molecule has 0 bridgehead atoms. The molecule has 0 radical (unpaired) electrons. The van der Waals surface area contributed by atoms with Crippen LogP contribution in [0, 0.1) is 12.8 Å². The molecule has 0 aromatic heterocycles. The Bertz CT molecular complexity index is 456. The molecule has 90 valence electrons. The smallest absolute Gasteiger partial charge is 0.229 e. The van der Waals surface area contributed by atoms with Gasteiger partial charge in [0.25, 0.3) is 0 Å². The highest BCUT2D eigenvalue weighted by Gasteiger charge is 2.34. The second kappa shape index (κ2) is 4.06. The second-order valence-corrected chi connectivity index (χ2v) is 5.13. The van der Waals surface area contributed by atoms with Crippen molar-refractivity contribution in [2.24, 2.45) is 5.92 Å². The van der Waals surface area contributed by atoms with Gasteiger partial charge in [-0.3, -0.25) is 4.79 Å². The van der Waals surface area contributed by atoms with E-state index < -0.39 is 0 Å². The third-order valence-corrected chi connectivity index (χ3v) is 3.96. The van der Waals surface area contributed by atoms with Gasteiger partial charge >= 0.3 is 0 Å². The van der Waals surface area contributed by atoms with E-state index in [9.17, 15) is 4.79 Å². The van der Waals surface area contributed by atoms with Gasteiger partial charge in [-0.25, -0.2) is 0 Å². The molecule has 2 aliphatic rings. The predicted octanol–water partition coefficient (Wildman–Crippen LogP) is 2.92. The highest BCUT2D eigenvalue weighted by molar-refractivity contribution is 5.99. The lowest BCUT2D eigenvalue weighted by Crippen LogP contribution is -2.37. The summed E-state index contributed by atoms with van der Waals surface area (Å²) in [6, 6.07) is 6.44. The third kappa shape index (κ3) is 1.79. The molecule has 1 aromatic rings. The Hall–Kier alpha value is -1.51. The molecule has 3 rings (SSSR count). The van der Waals surface area contributed by atoms with Crippen molar-refractivity contribution in [3.8, 4) is 0 Å². The fourth-order valence-corrected chi connectivity index (χ4v) is 2.99. The van der Waals surface area contributed by atoms with Gasteiger partial charge in [-0.2, -0.15) is 0 Å². The molecule has 2 atom stereocenters. The first kappa shape index (κ1) is 10.6. The second-order valence-electron chi connectivity index (χ2n) is 5.13. The van der Waals surface area contributed by atoms with E-state index in [2.05, 4.69) is 16.7 Å². The van der Waals surface area contributed by atoms with Crippen molar-refractivity contribution < 1.29 is 4.79 Å². The normalized spacial score (nSPS) is 27.2. The zero-order chi connectivity index (χ0) is 11.8. The van der Waals surface area contributed by atoms with Crippen LogP contribution in [0.5, 0.6) is 0 Å². The lowest BCUT2D eigenvalue weighted by Gasteiger charge is -2.29. The molecule has 0 spiro atoms. The van der Waals surface area contributed by atoms with Gasteiger partial charge in [0, 0.05) is 6.04 Å². The molecule has 1 aromatic carbocycles. The number of benzene rings is 1. The zero-order valence-electron chi connectivity index (χ0n) is 10.1. The first-order chi connectivity index (χ1) is 8.25. The number of para-hydroxylation sites is 1. The molecule has 3 nitrogen and oxygen atoms in total. The minimum Gasteiger partial charge on any atom is -0.380 e. The molecular formula is C14H18N2O. The van der Waals surface area contributed by atoms with E-state index in [1.807, 2.05) is 19.1 Å². The van der Waals surface area contributed by atoms with Crippen LogP contribution in [0.25, 0.3) is 0 Å². The van der Waals surface area contributed by atoms with Gasteiger partial charge in [0.1, 0.15) is 0 Å². The predicted molar refractivity (Wildman–Crippen MR) is 69.2 cm³/mol. The summed E-state index contributed by atoms with van der Waals surface area (Å²) in [5, 5.41) is 6.64. The van der Waals surface area contributed by atoms with E-state index in [1.54, 1.807) is 0 Å². The van der Waals surface area contributed by atoms with E-state index in [0.717, 1.165) is 29.8 Å². The maximum atomic E-state index is 12.2. The minimum absolute atomic E-state index is 0.135. The van der Waals surface area contributed by atoms with Crippen LogP contribution in [0.4, 0.5) is 11.4 Å². The van der Waals surface area contributed by atoms with Crippen molar-refractivity contribution in [2.45, 2.75) is 38.6 Å². The Kier molecular flexibility index (Phi) is 2.54. The lowest BCUT2D eigenvalue weighted by atomic mass is 9.84. The Morgan fingerprint density at radius 2 is 2.06 bits per heavy atom. The van der Waals surface area contributed by atoms with Gasteiger partial charge in [0.05, 0.1) is 17.3 Å². The van der Waals surface area contributed by atoms with E-state index in [1.165, 1.54) is 12.8 Å². The number of carbonyl (C=O) groups excluding carboxylic acids is 1. The van der Waals surface area contributed by atoms with Crippen LogP contribution in [0.2, 0.25) is 0 Å². The monoisotopic (exact) mass is 230 g/mol. The maximum absolute atomic E-state index is 12.2. The summed E-state index contributed by atoms with van der Waals surface area (Å²) in [5.41, 5.74) is 3.17. The molecule has 1 fully saturated rings. The van der Waals surface area contributed by atoms with Crippen molar-refractivity contribution >= 4 is 17.3 Å². The summed E-state index contributed by atoms with van der Waals surface area (Å²) in [6.45, 7) is 2.04. The summed E-state index contributed by atoms with van der Waals surface area (Å²) >= 11 is 0. The van der Waals surface area contributed by atoms with Crippen molar-refractivity contribution in [1.29, 1.82) is 0 Å². The molecule has 1 amide bonds. The number of hydrogen-bond acceptors (Lipinski definition) is 2. The van der Waals surface area contributed by atoms with E-state index in [0.29, 0.717) is 6.04 Å². The molecule has 1 heterocycles. The highest BCUT2D eigenvalue weighted by atomic mass is 16.2.